The van der Waals surface area contributed by atoms with Gasteiger partial charge in [-0.05, 0) is 29.8 Å². The summed E-state index contributed by atoms with van der Waals surface area (Å²) in [6, 6.07) is 24.5. The standard InChI is InChI=1S/C31H32FN7O2/c1-40-24-12-13-25(26(32)20-24)28-27-29(33)39(21-22-8-4-2-5-9-22)36-30(27)35-31(34-28)38-16-14-37(15-17-38)18-19-41-23-10-6-3-7-11-23/h2-13,20H,14-19,21,33H2,1H3. The second-order valence-corrected chi connectivity index (χ2v) is 9.94. The van der Waals surface area contributed by atoms with Crippen molar-refractivity contribution in [3.63, 3.8) is 0 Å². The number of nitrogens with two attached hydrogens (primary N) is 1. The number of aromatic nitrogens is 4. The van der Waals surface area contributed by atoms with Gasteiger partial charge in [0.15, 0.2) is 5.65 Å². The summed E-state index contributed by atoms with van der Waals surface area (Å²) in [5.74, 6) is 1.75. The molecule has 41 heavy (non-hydrogen) atoms. The van der Waals surface area contributed by atoms with E-state index in [0.717, 1.165) is 44.0 Å². The highest BCUT2D eigenvalue weighted by atomic mass is 19.1. The zero-order valence-electron chi connectivity index (χ0n) is 22.9. The summed E-state index contributed by atoms with van der Waals surface area (Å²) in [4.78, 5) is 14.2. The Labute approximate surface area is 237 Å². The Balaban J connectivity index is 1.27. The van der Waals surface area contributed by atoms with Crippen LogP contribution in [0.4, 0.5) is 16.2 Å². The van der Waals surface area contributed by atoms with E-state index in [9.17, 15) is 0 Å². The van der Waals surface area contributed by atoms with Crippen LogP contribution >= 0.6 is 0 Å². The molecule has 0 bridgehead atoms. The number of hydrogen-bond acceptors (Lipinski definition) is 8. The Morgan fingerprint density at radius 1 is 0.878 bits per heavy atom. The molecule has 0 unspecified atom stereocenters. The molecule has 1 saturated heterocycles. The monoisotopic (exact) mass is 553 g/mol. The third-order valence-electron chi connectivity index (χ3n) is 7.31. The maximum atomic E-state index is 15.4. The summed E-state index contributed by atoms with van der Waals surface area (Å²) >= 11 is 0. The number of para-hydroxylation sites is 1. The van der Waals surface area contributed by atoms with Crippen LogP contribution in [-0.2, 0) is 6.54 Å². The summed E-state index contributed by atoms with van der Waals surface area (Å²) in [7, 11) is 1.51. The molecule has 0 amide bonds. The van der Waals surface area contributed by atoms with E-state index in [1.165, 1.54) is 13.2 Å². The second kappa shape index (κ2) is 11.8. The molecule has 2 aromatic heterocycles. The van der Waals surface area contributed by atoms with E-state index in [1.807, 2.05) is 60.7 Å². The summed E-state index contributed by atoms with van der Waals surface area (Å²) in [6.45, 7) is 5.01. The fraction of sp³-hybridized carbons (Fsp3) is 0.258. The lowest BCUT2D eigenvalue weighted by molar-refractivity contribution is 0.200. The van der Waals surface area contributed by atoms with Gasteiger partial charge in [-0.15, -0.1) is 5.10 Å². The van der Waals surface area contributed by atoms with Crippen LogP contribution in [0, 0.1) is 5.82 Å². The van der Waals surface area contributed by atoms with Crippen LogP contribution in [0.15, 0.2) is 78.9 Å². The van der Waals surface area contributed by atoms with E-state index in [-0.39, 0.29) is 0 Å². The number of nitrogen functional groups attached to an aromatic ring is 1. The Morgan fingerprint density at radius 2 is 1.61 bits per heavy atom. The first-order chi connectivity index (χ1) is 20.1. The molecule has 210 valence electrons. The predicted octanol–water partition coefficient (Wildman–Crippen LogP) is 4.47. The SMILES string of the molecule is COc1ccc(-c2nc(N3CCN(CCOc4ccccc4)CC3)nc3nn(Cc4ccccc4)c(N)c23)c(F)c1. The zero-order valence-corrected chi connectivity index (χ0v) is 22.9. The Bertz CT molecular complexity index is 1620. The van der Waals surface area contributed by atoms with Gasteiger partial charge in [0, 0.05) is 44.4 Å². The fourth-order valence-electron chi connectivity index (χ4n) is 5.05. The van der Waals surface area contributed by atoms with Crippen LogP contribution in [-0.4, -0.2) is 71.1 Å². The molecule has 1 aliphatic heterocycles. The van der Waals surface area contributed by atoms with E-state index < -0.39 is 5.82 Å². The lowest BCUT2D eigenvalue weighted by Crippen LogP contribution is -2.48. The van der Waals surface area contributed by atoms with Gasteiger partial charge in [-0.1, -0.05) is 48.5 Å². The van der Waals surface area contributed by atoms with Gasteiger partial charge in [0.25, 0.3) is 0 Å². The van der Waals surface area contributed by atoms with Crippen LogP contribution in [0.3, 0.4) is 0 Å². The van der Waals surface area contributed by atoms with Gasteiger partial charge < -0.3 is 20.1 Å². The van der Waals surface area contributed by atoms with Crippen LogP contribution in [0.5, 0.6) is 11.5 Å². The molecule has 1 fully saturated rings. The Hall–Kier alpha value is -4.70. The molecule has 10 heteroatoms. The highest BCUT2D eigenvalue weighted by Crippen LogP contribution is 2.35. The summed E-state index contributed by atoms with van der Waals surface area (Å²) < 4.78 is 28.1. The quantitative estimate of drug-likeness (QED) is 0.286. The molecule has 0 atom stereocenters. The van der Waals surface area contributed by atoms with Crippen LogP contribution in [0.2, 0.25) is 0 Å². The van der Waals surface area contributed by atoms with Crippen molar-refractivity contribution in [1.29, 1.82) is 0 Å². The molecule has 0 spiro atoms. The first-order valence-electron chi connectivity index (χ1n) is 13.7. The maximum absolute atomic E-state index is 15.4. The number of ether oxygens (including phenoxy) is 2. The third kappa shape index (κ3) is 5.78. The molecule has 0 aliphatic carbocycles. The molecule has 3 aromatic carbocycles. The molecule has 3 heterocycles. The minimum atomic E-state index is -0.450. The average Bonchev–Trinajstić information content (AvgIpc) is 3.32. The molecule has 6 rings (SSSR count). The molecule has 1 aliphatic rings. The summed E-state index contributed by atoms with van der Waals surface area (Å²) in [6.07, 6.45) is 0. The van der Waals surface area contributed by atoms with Gasteiger partial charge >= 0.3 is 0 Å². The van der Waals surface area contributed by atoms with Gasteiger partial charge in [0.05, 0.1) is 24.7 Å². The summed E-state index contributed by atoms with van der Waals surface area (Å²) in [5.41, 5.74) is 8.83. The molecule has 0 saturated carbocycles. The number of rotatable bonds is 9. The van der Waals surface area contributed by atoms with Crippen molar-refractivity contribution >= 4 is 22.8 Å². The normalized spacial score (nSPS) is 14.0. The van der Waals surface area contributed by atoms with Gasteiger partial charge in [-0.25, -0.2) is 14.1 Å². The van der Waals surface area contributed by atoms with Gasteiger partial charge in [-0.2, -0.15) is 4.98 Å². The number of piperazine rings is 1. The van der Waals surface area contributed by atoms with Crippen LogP contribution < -0.4 is 20.1 Å². The predicted molar refractivity (Wildman–Crippen MR) is 158 cm³/mol. The van der Waals surface area contributed by atoms with Gasteiger partial charge in [0.2, 0.25) is 5.95 Å². The number of halogens is 1. The van der Waals surface area contributed by atoms with E-state index in [2.05, 4.69) is 9.80 Å². The smallest absolute Gasteiger partial charge is 0.228 e. The zero-order chi connectivity index (χ0) is 28.2. The van der Waals surface area contributed by atoms with E-state index in [4.69, 9.17) is 30.3 Å². The number of hydrogen-bond donors (Lipinski definition) is 1. The summed E-state index contributed by atoms with van der Waals surface area (Å²) in [5, 5.41) is 5.27. The van der Waals surface area contributed by atoms with Crippen molar-refractivity contribution < 1.29 is 13.9 Å². The van der Waals surface area contributed by atoms with Crippen molar-refractivity contribution in [2.24, 2.45) is 0 Å². The third-order valence-corrected chi connectivity index (χ3v) is 7.31. The van der Waals surface area contributed by atoms with Crippen molar-refractivity contribution in [2.75, 3.05) is 57.1 Å². The highest BCUT2D eigenvalue weighted by molar-refractivity contribution is 5.99. The van der Waals surface area contributed by atoms with Gasteiger partial charge in [-0.3, -0.25) is 4.90 Å². The topological polar surface area (TPSA) is 94.6 Å². The van der Waals surface area contributed by atoms with Crippen molar-refractivity contribution in [1.82, 2.24) is 24.6 Å². The van der Waals surface area contributed by atoms with Gasteiger partial charge in [0.1, 0.15) is 29.7 Å². The highest BCUT2D eigenvalue weighted by Gasteiger charge is 2.25. The van der Waals surface area contributed by atoms with E-state index in [0.29, 0.717) is 53.0 Å². The van der Waals surface area contributed by atoms with E-state index in [1.54, 1.807) is 16.8 Å². The molecule has 2 N–H and O–H groups in total. The van der Waals surface area contributed by atoms with Crippen molar-refractivity contribution in [2.45, 2.75) is 6.54 Å². The lowest BCUT2D eigenvalue weighted by Gasteiger charge is -2.34. The average molecular weight is 554 g/mol. The second-order valence-electron chi connectivity index (χ2n) is 9.94. The maximum Gasteiger partial charge on any atom is 0.228 e. The molecular formula is C31H32FN7O2. The largest absolute Gasteiger partial charge is 0.497 e. The number of benzene rings is 3. The molecule has 0 radical (unpaired) electrons. The van der Waals surface area contributed by atoms with Crippen molar-refractivity contribution in [3.05, 3.63) is 90.2 Å². The first kappa shape index (κ1) is 26.5. The van der Waals surface area contributed by atoms with Crippen molar-refractivity contribution in [3.8, 4) is 22.8 Å². The Kier molecular flexibility index (Phi) is 7.64. The Morgan fingerprint density at radius 3 is 2.32 bits per heavy atom. The molecular weight excluding hydrogens is 521 g/mol. The molecule has 9 nitrogen and oxygen atoms in total. The number of anilines is 2. The minimum Gasteiger partial charge on any atom is -0.497 e. The number of fused-ring (bicyclic) bond motifs is 1. The lowest BCUT2D eigenvalue weighted by atomic mass is 10.1. The number of methoxy groups -OCH3 is 1. The van der Waals surface area contributed by atoms with Crippen LogP contribution in [0.25, 0.3) is 22.3 Å². The van der Waals surface area contributed by atoms with Crippen LogP contribution in [0.1, 0.15) is 5.56 Å². The molecule has 5 aromatic rings. The van der Waals surface area contributed by atoms with E-state index >= 15 is 4.39 Å². The number of nitrogens with zero attached hydrogens (tertiary/aromatic N) is 6. The fourth-order valence-corrected chi connectivity index (χ4v) is 5.05. The minimum absolute atomic E-state index is 0.321. The first-order valence-corrected chi connectivity index (χ1v) is 13.7.